The molecule has 3 aromatic rings. The van der Waals surface area contributed by atoms with Crippen molar-refractivity contribution in [3.8, 4) is 11.8 Å². The van der Waals surface area contributed by atoms with Crippen LogP contribution in [0.1, 0.15) is 40.3 Å². The molecule has 1 aromatic heterocycles. The van der Waals surface area contributed by atoms with E-state index in [1.54, 1.807) is 43.0 Å². The Balaban J connectivity index is 1.56. The average molecular weight is 450 g/mol. The number of rotatable bonds is 9. The number of hydrogen-bond acceptors (Lipinski definition) is 7. The molecule has 1 amide bonds. The lowest BCUT2D eigenvalue weighted by Crippen LogP contribution is -2.29. The fourth-order valence-electron chi connectivity index (χ4n) is 3.06. The van der Waals surface area contributed by atoms with Crippen molar-refractivity contribution < 1.29 is 14.3 Å². The minimum Gasteiger partial charge on any atom is -0.497 e. The zero-order chi connectivity index (χ0) is 23.1. The third-order valence-electron chi connectivity index (χ3n) is 4.83. The maximum absolute atomic E-state index is 12.4. The molecule has 1 atom stereocenters. The lowest BCUT2D eigenvalue weighted by atomic mass is 10.1. The van der Waals surface area contributed by atoms with Crippen LogP contribution < -0.4 is 10.1 Å². The van der Waals surface area contributed by atoms with Crippen LogP contribution in [0.4, 0.5) is 0 Å². The summed E-state index contributed by atoms with van der Waals surface area (Å²) in [6.45, 7) is 1.84. The third-order valence-corrected chi connectivity index (χ3v) is 5.85. The molecular formula is C23H23N5O3S. The number of methoxy groups -OCH3 is 1. The summed E-state index contributed by atoms with van der Waals surface area (Å²) in [7, 11) is 3.40. The van der Waals surface area contributed by atoms with Gasteiger partial charge < -0.3 is 14.6 Å². The number of nitriles is 1. The van der Waals surface area contributed by atoms with E-state index < -0.39 is 0 Å². The standard InChI is InChI=1S/C23H23N5O3S/c1-15(25-21(30)12-16-6-10-19(31-3)11-7-16)22-26-27-23(28(22)2)32-14-20(29)18-8-4-17(13-24)5-9-18/h4-11,15H,12,14H2,1-3H3,(H,25,30). The predicted octanol–water partition coefficient (Wildman–Crippen LogP) is 3.09. The molecule has 1 unspecified atom stereocenters. The van der Waals surface area contributed by atoms with Crippen molar-refractivity contribution in [3.05, 3.63) is 71.0 Å². The Labute approximate surface area is 190 Å². The number of aromatic nitrogens is 3. The molecule has 2 aromatic carbocycles. The monoisotopic (exact) mass is 449 g/mol. The van der Waals surface area contributed by atoms with Crippen molar-refractivity contribution in [2.45, 2.75) is 24.5 Å². The molecule has 3 rings (SSSR count). The summed E-state index contributed by atoms with van der Waals surface area (Å²) in [5.74, 6) is 1.34. The second kappa shape index (κ2) is 10.6. The van der Waals surface area contributed by atoms with Crippen LogP contribution in [0.5, 0.6) is 5.75 Å². The van der Waals surface area contributed by atoms with Gasteiger partial charge in [-0.2, -0.15) is 5.26 Å². The highest BCUT2D eigenvalue weighted by Crippen LogP contribution is 2.21. The van der Waals surface area contributed by atoms with E-state index in [1.807, 2.05) is 37.3 Å². The summed E-state index contributed by atoms with van der Waals surface area (Å²) in [6, 6.07) is 15.5. The number of carbonyl (C=O) groups is 2. The first-order valence-corrected chi connectivity index (χ1v) is 10.9. The number of carbonyl (C=O) groups excluding carboxylic acids is 2. The second-order valence-electron chi connectivity index (χ2n) is 7.11. The summed E-state index contributed by atoms with van der Waals surface area (Å²) in [5, 5.41) is 20.7. The van der Waals surface area contributed by atoms with E-state index in [4.69, 9.17) is 10.00 Å². The average Bonchev–Trinajstić information content (AvgIpc) is 3.18. The first kappa shape index (κ1) is 23.0. The van der Waals surface area contributed by atoms with Gasteiger partial charge in [-0.25, -0.2) is 0 Å². The number of ether oxygens (including phenoxy) is 1. The minimum atomic E-state index is -0.346. The lowest BCUT2D eigenvalue weighted by molar-refractivity contribution is -0.121. The Hall–Kier alpha value is -3.64. The number of amides is 1. The number of ketones is 1. The fraction of sp³-hybridized carbons (Fsp3) is 0.261. The quantitative estimate of drug-likeness (QED) is 0.395. The molecule has 164 valence electrons. The molecule has 0 bridgehead atoms. The van der Waals surface area contributed by atoms with Gasteiger partial charge in [-0.3, -0.25) is 9.59 Å². The Morgan fingerprint density at radius 1 is 1.16 bits per heavy atom. The van der Waals surface area contributed by atoms with E-state index in [1.165, 1.54) is 11.8 Å². The molecule has 0 saturated heterocycles. The Kier molecular flexibility index (Phi) is 7.63. The van der Waals surface area contributed by atoms with Crippen molar-refractivity contribution in [1.82, 2.24) is 20.1 Å². The van der Waals surface area contributed by atoms with Crippen LogP contribution in [0.15, 0.2) is 53.7 Å². The summed E-state index contributed by atoms with van der Waals surface area (Å²) in [5.41, 5.74) is 1.93. The predicted molar refractivity (Wildman–Crippen MR) is 120 cm³/mol. The summed E-state index contributed by atoms with van der Waals surface area (Å²) in [4.78, 5) is 24.8. The molecule has 0 aliphatic rings. The van der Waals surface area contributed by atoms with E-state index >= 15 is 0 Å². The molecule has 9 heteroatoms. The van der Waals surface area contributed by atoms with E-state index in [0.717, 1.165) is 11.3 Å². The van der Waals surface area contributed by atoms with Gasteiger partial charge in [0.25, 0.3) is 0 Å². The normalized spacial score (nSPS) is 11.4. The molecule has 8 nitrogen and oxygen atoms in total. The molecular weight excluding hydrogens is 426 g/mol. The van der Waals surface area contributed by atoms with Gasteiger partial charge in [0.05, 0.1) is 37.0 Å². The number of benzene rings is 2. The van der Waals surface area contributed by atoms with Crippen molar-refractivity contribution in [3.63, 3.8) is 0 Å². The molecule has 32 heavy (non-hydrogen) atoms. The number of Topliss-reactive ketones (excluding diaryl/α,β-unsaturated/α-hetero) is 1. The van der Waals surface area contributed by atoms with Gasteiger partial charge in [0.2, 0.25) is 5.91 Å². The van der Waals surface area contributed by atoms with E-state index in [-0.39, 0.29) is 29.9 Å². The van der Waals surface area contributed by atoms with Gasteiger partial charge in [0.15, 0.2) is 16.8 Å². The maximum Gasteiger partial charge on any atom is 0.224 e. The zero-order valence-corrected chi connectivity index (χ0v) is 18.8. The fourth-order valence-corrected chi connectivity index (χ4v) is 3.87. The molecule has 0 saturated carbocycles. The maximum atomic E-state index is 12.4. The highest BCUT2D eigenvalue weighted by atomic mass is 32.2. The van der Waals surface area contributed by atoms with E-state index in [2.05, 4.69) is 15.5 Å². The largest absolute Gasteiger partial charge is 0.497 e. The number of nitrogens with one attached hydrogen (secondary N) is 1. The summed E-state index contributed by atoms with van der Waals surface area (Å²) >= 11 is 1.27. The Morgan fingerprint density at radius 2 is 1.84 bits per heavy atom. The topological polar surface area (TPSA) is 110 Å². The summed E-state index contributed by atoms with van der Waals surface area (Å²) in [6.07, 6.45) is 0.243. The first-order chi connectivity index (χ1) is 15.4. The van der Waals surface area contributed by atoms with Gasteiger partial charge in [-0.1, -0.05) is 36.0 Å². The molecule has 0 radical (unpaired) electrons. The van der Waals surface area contributed by atoms with Crippen molar-refractivity contribution in [2.75, 3.05) is 12.9 Å². The van der Waals surface area contributed by atoms with Crippen LogP contribution >= 0.6 is 11.8 Å². The summed E-state index contributed by atoms with van der Waals surface area (Å²) < 4.78 is 6.90. The highest BCUT2D eigenvalue weighted by molar-refractivity contribution is 7.99. The van der Waals surface area contributed by atoms with Crippen LogP contribution in [0, 0.1) is 11.3 Å². The molecule has 1 N–H and O–H groups in total. The van der Waals surface area contributed by atoms with Gasteiger partial charge in [0, 0.05) is 12.6 Å². The van der Waals surface area contributed by atoms with E-state index in [9.17, 15) is 9.59 Å². The Bertz CT molecular complexity index is 1130. The molecule has 1 heterocycles. The van der Waals surface area contributed by atoms with Gasteiger partial charge in [-0.05, 0) is 36.8 Å². The van der Waals surface area contributed by atoms with Crippen molar-refractivity contribution >= 4 is 23.5 Å². The zero-order valence-electron chi connectivity index (χ0n) is 18.0. The van der Waals surface area contributed by atoms with Crippen LogP contribution in [0.25, 0.3) is 0 Å². The van der Waals surface area contributed by atoms with Gasteiger partial charge >= 0.3 is 0 Å². The van der Waals surface area contributed by atoms with Crippen LogP contribution in [0.2, 0.25) is 0 Å². The third kappa shape index (κ3) is 5.74. The molecule has 0 aliphatic heterocycles. The Morgan fingerprint density at radius 3 is 2.47 bits per heavy atom. The number of hydrogen-bond donors (Lipinski definition) is 1. The molecule has 0 aliphatic carbocycles. The first-order valence-electron chi connectivity index (χ1n) is 9.89. The number of nitrogens with zero attached hydrogens (tertiary/aromatic N) is 4. The smallest absolute Gasteiger partial charge is 0.224 e. The second-order valence-corrected chi connectivity index (χ2v) is 8.06. The number of thioether (sulfide) groups is 1. The van der Waals surface area contributed by atoms with E-state index in [0.29, 0.717) is 22.1 Å². The highest BCUT2D eigenvalue weighted by Gasteiger charge is 2.19. The van der Waals surface area contributed by atoms with Crippen LogP contribution in [-0.4, -0.2) is 39.3 Å². The van der Waals surface area contributed by atoms with Crippen LogP contribution in [-0.2, 0) is 18.3 Å². The molecule has 0 fully saturated rings. The van der Waals surface area contributed by atoms with Crippen LogP contribution in [0.3, 0.4) is 0 Å². The van der Waals surface area contributed by atoms with Crippen molar-refractivity contribution in [1.29, 1.82) is 5.26 Å². The SMILES string of the molecule is COc1ccc(CC(=O)NC(C)c2nnc(SCC(=O)c3ccc(C#N)cc3)n2C)cc1. The van der Waals surface area contributed by atoms with Gasteiger partial charge in [0.1, 0.15) is 5.75 Å². The lowest BCUT2D eigenvalue weighted by Gasteiger charge is -2.14. The minimum absolute atomic E-state index is 0.0649. The molecule has 0 spiro atoms. The van der Waals surface area contributed by atoms with Gasteiger partial charge in [-0.15, -0.1) is 10.2 Å². The van der Waals surface area contributed by atoms with Crippen molar-refractivity contribution in [2.24, 2.45) is 7.05 Å².